The van der Waals surface area contributed by atoms with Crippen LogP contribution in [0.4, 0.5) is 0 Å². The zero-order valence-electron chi connectivity index (χ0n) is 8.77. The highest BCUT2D eigenvalue weighted by Crippen LogP contribution is 2.19. The zero-order valence-corrected chi connectivity index (χ0v) is 9.52. The van der Waals surface area contributed by atoms with Crippen molar-refractivity contribution >= 4 is 17.4 Å². The number of alkyl halides is 1. The molecular weight excluding hydrogens is 228 g/mol. The van der Waals surface area contributed by atoms with E-state index in [2.05, 4.69) is 0 Å². The van der Waals surface area contributed by atoms with Crippen LogP contribution in [0.5, 0.6) is 0 Å². The molecule has 1 saturated heterocycles. The van der Waals surface area contributed by atoms with Gasteiger partial charge in [-0.25, -0.2) is 0 Å². The van der Waals surface area contributed by atoms with E-state index in [1.165, 1.54) is 0 Å². The number of carbonyl (C=O) groups is 1. The zero-order chi connectivity index (χ0) is 11.4. The van der Waals surface area contributed by atoms with Crippen LogP contribution < -0.4 is 0 Å². The average Bonchev–Trinajstić information content (AvgIpc) is 2.73. The lowest BCUT2D eigenvalue weighted by Gasteiger charge is -2.08. The van der Waals surface area contributed by atoms with Crippen LogP contribution in [0.3, 0.4) is 0 Å². The van der Waals surface area contributed by atoms with Gasteiger partial charge in [-0.15, -0.1) is 0 Å². The molecule has 1 aliphatic heterocycles. The van der Waals surface area contributed by atoms with Crippen molar-refractivity contribution in [3.63, 3.8) is 0 Å². The number of ether oxygens (including phenoxy) is 2. The van der Waals surface area contributed by atoms with Gasteiger partial charge in [0.05, 0.1) is 6.61 Å². The van der Waals surface area contributed by atoms with Crippen LogP contribution >= 0.6 is 11.6 Å². The average molecular weight is 241 g/mol. The van der Waals surface area contributed by atoms with Gasteiger partial charge in [0.1, 0.15) is 0 Å². The Hall–Kier alpha value is -0.900. The van der Waals surface area contributed by atoms with Crippen LogP contribution in [0.15, 0.2) is 30.3 Å². The smallest absolute Gasteiger partial charge is 0.163 e. The SMILES string of the molecule is O=C(CCC1OCC(Cl)O1)c1ccccc1. The number of hydrogen-bond donors (Lipinski definition) is 0. The molecule has 16 heavy (non-hydrogen) atoms. The van der Waals surface area contributed by atoms with E-state index in [1.54, 1.807) is 0 Å². The van der Waals surface area contributed by atoms with Gasteiger partial charge in [0.15, 0.2) is 17.6 Å². The number of hydrogen-bond acceptors (Lipinski definition) is 3. The molecule has 0 radical (unpaired) electrons. The molecule has 1 fully saturated rings. The minimum absolute atomic E-state index is 0.103. The fourth-order valence-electron chi connectivity index (χ4n) is 1.59. The Kier molecular flexibility index (Phi) is 3.93. The molecule has 0 aliphatic carbocycles. The molecular formula is C12H13ClO3. The summed E-state index contributed by atoms with van der Waals surface area (Å²) in [6.07, 6.45) is 0.630. The van der Waals surface area contributed by atoms with Crippen molar-refractivity contribution in [2.75, 3.05) is 6.61 Å². The lowest BCUT2D eigenvalue weighted by Crippen LogP contribution is -2.11. The Morgan fingerprint density at radius 1 is 1.38 bits per heavy atom. The van der Waals surface area contributed by atoms with Crippen LogP contribution in [0.25, 0.3) is 0 Å². The second-order valence-electron chi connectivity index (χ2n) is 3.64. The van der Waals surface area contributed by atoms with Gasteiger partial charge in [0.25, 0.3) is 0 Å². The van der Waals surface area contributed by atoms with Crippen LogP contribution in [-0.2, 0) is 9.47 Å². The lowest BCUT2D eigenvalue weighted by molar-refractivity contribution is -0.0512. The summed E-state index contributed by atoms with van der Waals surface area (Å²) in [4.78, 5) is 11.7. The van der Waals surface area contributed by atoms with E-state index in [1.807, 2.05) is 30.3 Å². The molecule has 86 valence electrons. The minimum atomic E-state index is -0.378. The van der Waals surface area contributed by atoms with Crippen LogP contribution in [-0.4, -0.2) is 24.2 Å². The monoisotopic (exact) mass is 240 g/mol. The van der Waals surface area contributed by atoms with Crippen molar-refractivity contribution in [1.29, 1.82) is 0 Å². The van der Waals surface area contributed by atoms with Crippen LogP contribution in [0.2, 0.25) is 0 Å². The first-order valence-corrected chi connectivity index (χ1v) is 5.69. The molecule has 0 amide bonds. The number of halogens is 1. The van der Waals surface area contributed by atoms with Gasteiger partial charge in [-0.3, -0.25) is 4.79 Å². The maximum absolute atomic E-state index is 11.7. The Morgan fingerprint density at radius 2 is 2.12 bits per heavy atom. The molecule has 0 saturated carbocycles. The Balaban J connectivity index is 1.80. The highest BCUT2D eigenvalue weighted by atomic mass is 35.5. The second-order valence-corrected chi connectivity index (χ2v) is 4.12. The summed E-state index contributed by atoms with van der Waals surface area (Å²) in [6.45, 7) is 0.395. The number of Topliss-reactive ketones (excluding diaryl/α,β-unsaturated/α-hetero) is 1. The van der Waals surface area contributed by atoms with E-state index in [-0.39, 0.29) is 17.6 Å². The van der Waals surface area contributed by atoms with Crippen molar-refractivity contribution in [3.8, 4) is 0 Å². The quantitative estimate of drug-likeness (QED) is 0.600. The Bertz CT molecular complexity index is 353. The van der Waals surface area contributed by atoms with Gasteiger partial charge < -0.3 is 9.47 Å². The van der Waals surface area contributed by atoms with Crippen LogP contribution in [0, 0.1) is 0 Å². The fourth-order valence-corrected chi connectivity index (χ4v) is 1.78. The number of carbonyl (C=O) groups excluding carboxylic acids is 1. The molecule has 0 N–H and O–H groups in total. The summed E-state index contributed by atoms with van der Waals surface area (Å²) in [7, 11) is 0. The molecule has 1 aromatic carbocycles. The maximum atomic E-state index is 11.7. The largest absolute Gasteiger partial charge is 0.349 e. The molecule has 3 nitrogen and oxygen atoms in total. The molecule has 0 spiro atoms. The molecule has 4 heteroatoms. The van der Waals surface area contributed by atoms with Gasteiger partial charge in [-0.1, -0.05) is 41.9 Å². The molecule has 2 unspecified atom stereocenters. The minimum Gasteiger partial charge on any atom is -0.349 e. The first kappa shape index (κ1) is 11.6. The highest BCUT2D eigenvalue weighted by Gasteiger charge is 2.24. The Morgan fingerprint density at radius 3 is 2.75 bits per heavy atom. The van der Waals surface area contributed by atoms with Crippen molar-refractivity contribution in [1.82, 2.24) is 0 Å². The summed E-state index contributed by atoms with van der Waals surface area (Å²) >= 11 is 5.71. The fraction of sp³-hybridized carbons (Fsp3) is 0.417. The molecule has 0 bridgehead atoms. The van der Waals surface area contributed by atoms with E-state index in [4.69, 9.17) is 21.1 Å². The summed E-state index contributed by atoms with van der Waals surface area (Å²) in [5.41, 5.74) is 0.347. The van der Waals surface area contributed by atoms with Crippen molar-refractivity contribution in [3.05, 3.63) is 35.9 Å². The summed E-state index contributed by atoms with van der Waals surface area (Å²) < 4.78 is 10.5. The van der Waals surface area contributed by atoms with Crippen molar-refractivity contribution in [2.24, 2.45) is 0 Å². The van der Waals surface area contributed by atoms with E-state index < -0.39 is 0 Å². The normalized spacial score (nSPS) is 24.6. The molecule has 2 rings (SSSR count). The molecule has 1 aliphatic rings. The highest BCUT2D eigenvalue weighted by molar-refractivity contribution is 6.19. The third kappa shape index (κ3) is 3.04. The van der Waals surface area contributed by atoms with Crippen LogP contribution in [0.1, 0.15) is 23.2 Å². The van der Waals surface area contributed by atoms with E-state index in [0.717, 1.165) is 5.56 Å². The topological polar surface area (TPSA) is 35.5 Å². The first-order valence-electron chi connectivity index (χ1n) is 5.25. The second kappa shape index (κ2) is 5.43. The summed E-state index contributed by atoms with van der Waals surface area (Å²) in [6, 6.07) is 9.21. The maximum Gasteiger partial charge on any atom is 0.163 e. The van der Waals surface area contributed by atoms with Gasteiger partial charge in [-0.05, 0) is 0 Å². The molecule has 2 atom stereocenters. The van der Waals surface area contributed by atoms with E-state index in [0.29, 0.717) is 19.4 Å². The molecule has 1 aromatic rings. The van der Waals surface area contributed by atoms with E-state index >= 15 is 0 Å². The summed E-state index contributed by atoms with van der Waals surface area (Å²) in [5.74, 6) is 0.103. The molecule has 0 aromatic heterocycles. The van der Waals surface area contributed by atoms with Crippen molar-refractivity contribution < 1.29 is 14.3 Å². The summed E-state index contributed by atoms with van der Waals surface area (Å²) in [5, 5.41) is 0. The van der Waals surface area contributed by atoms with Crippen molar-refractivity contribution in [2.45, 2.75) is 24.7 Å². The third-order valence-corrected chi connectivity index (χ3v) is 2.64. The number of rotatable bonds is 4. The van der Waals surface area contributed by atoms with Gasteiger partial charge in [0, 0.05) is 18.4 Å². The molecule has 1 heterocycles. The number of benzene rings is 1. The first-order chi connectivity index (χ1) is 7.75. The standard InChI is InChI=1S/C12H13ClO3/c13-11-8-15-12(16-11)7-6-10(14)9-4-2-1-3-5-9/h1-5,11-12H,6-8H2. The number of ketones is 1. The Labute approximate surface area is 99.3 Å². The lowest BCUT2D eigenvalue weighted by atomic mass is 10.1. The predicted octanol–water partition coefficient (Wildman–Crippen LogP) is 2.59. The third-order valence-electron chi connectivity index (χ3n) is 2.42. The van der Waals surface area contributed by atoms with Gasteiger partial charge in [-0.2, -0.15) is 0 Å². The van der Waals surface area contributed by atoms with E-state index in [9.17, 15) is 4.79 Å². The predicted molar refractivity (Wildman–Crippen MR) is 60.5 cm³/mol. The van der Waals surface area contributed by atoms with Gasteiger partial charge in [0.2, 0.25) is 0 Å². The van der Waals surface area contributed by atoms with Gasteiger partial charge >= 0.3 is 0 Å².